The van der Waals surface area contributed by atoms with E-state index >= 15 is 0 Å². The Morgan fingerprint density at radius 3 is 2.22 bits per heavy atom. The smallest absolute Gasteiger partial charge is 0.304 e. The first kappa shape index (κ1) is 17.3. The van der Waals surface area contributed by atoms with Crippen LogP contribution in [0.4, 0.5) is 0 Å². The molecule has 0 aliphatic heterocycles. The summed E-state index contributed by atoms with van der Waals surface area (Å²) in [6, 6.07) is 0. The molecule has 0 fully saturated rings. The molecular weight excluding hydrogens is 264 g/mol. The van der Waals surface area contributed by atoms with E-state index in [1.807, 2.05) is 0 Å². The number of likely N-dealkylation sites (N-methyl/N-ethyl adjacent to an activating group) is 1. The average molecular weight is 284 g/mol. The molecule has 2 N–H and O–H groups in total. The second-order valence-electron chi connectivity index (χ2n) is 3.63. The molecule has 0 bridgehead atoms. The van der Waals surface area contributed by atoms with Gasteiger partial charge in [0.2, 0.25) is 0 Å². The highest BCUT2D eigenvalue weighted by atomic mass is 32.2. The number of hydrogen-bond acceptors (Lipinski definition) is 5. The van der Waals surface area contributed by atoms with Crippen molar-refractivity contribution in [2.75, 3.05) is 47.0 Å². The van der Waals surface area contributed by atoms with Crippen LogP contribution in [0.5, 0.6) is 0 Å². The van der Waals surface area contributed by atoms with Gasteiger partial charge in [-0.1, -0.05) is 0 Å². The predicted molar refractivity (Wildman–Crippen MR) is 64.3 cm³/mol. The van der Waals surface area contributed by atoms with Gasteiger partial charge in [-0.15, -0.1) is 0 Å². The standard InChI is InChI=1S/C9H20N2O6S/c1-10(4-3-9(13)14)18(15,16)11(2)5-7-17-8-6-12/h12H,3-8H2,1-2H3,(H,13,14). The number of rotatable bonds is 10. The molecule has 0 aliphatic carbocycles. The zero-order valence-corrected chi connectivity index (χ0v) is 11.4. The summed E-state index contributed by atoms with van der Waals surface area (Å²) in [6.07, 6.45) is -0.245. The van der Waals surface area contributed by atoms with Crippen molar-refractivity contribution >= 4 is 16.2 Å². The van der Waals surface area contributed by atoms with Gasteiger partial charge in [0.15, 0.2) is 0 Å². The molecule has 0 aromatic rings. The maximum Gasteiger partial charge on any atom is 0.304 e. The Balaban J connectivity index is 4.20. The number of aliphatic hydroxyl groups excluding tert-OH is 1. The molecule has 0 atom stereocenters. The van der Waals surface area contributed by atoms with Crippen LogP contribution >= 0.6 is 0 Å². The van der Waals surface area contributed by atoms with E-state index < -0.39 is 16.2 Å². The molecule has 0 heterocycles. The van der Waals surface area contributed by atoms with Gasteiger partial charge in [-0.25, -0.2) is 0 Å². The molecule has 0 rings (SSSR count). The molecule has 9 heteroatoms. The lowest BCUT2D eigenvalue weighted by molar-refractivity contribution is -0.137. The van der Waals surface area contributed by atoms with E-state index in [0.717, 1.165) is 8.61 Å². The van der Waals surface area contributed by atoms with Crippen LogP contribution < -0.4 is 0 Å². The highest BCUT2D eigenvalue weighted by molar-refractivity contribution is 7.86. The monoisotopic (exact) mass is 284 g/mol. The minimum atomic E-state index is -3.66. The fraction of sp³-hybridized carbons (Fsp3) is 0.889. The van der Waals surface area contributed by atoms with Crippen molar-refractivity contribution in [3.63, 3.8) is 0 Å². The van der Waals surface area contributed by atoms with Crippen LogP contribution in [0, 0.1) is 0 Å². The number of ether oxygens (including phenoxy) is 1. The maximum absolute atomic E-state index is 11.9. The van der Waals surface area contributed by atoms with E-state index in [2.05, 4.69) is 0 Å². The summed E-state index contributed by atoms with van der Waals surface area (Å²) in [6.45, 7) is 0.264. The van der Waals surface area contributed by atoms with Crippen molar-refractivity contribution < 1.29 is 28.2 Å². The third-order valence-electron chi connectivity index (χ3n) is 2.21. The lowest BCUT2D eigenvalue weighted by atomic mass is 10.4. The summed E-state index contributed by atoms with van der Waals surface area (Å²) in [7, 11) is -0.954. The number of aliphatic hydroxyl groups is 1. The summed E-state index contributed by atoms with van der Waals surface area (Å²) < 4.78 is 30.7. The Hall–Kier alpha value is -0.740. The van der Waals surface area contributed by atoms with Crippen LogP contribution in [0.2, 0.25) is 0 Å². The van der Waals surface area contributed by atoms with Crippen molar-refractivity contribution in [2.24, 2.45) is 0 Å². The van der Waals surface area contributed by atoms with E-state index in [1.54, 1.807) is 0 Å². The number of hydrogen-bond donors (Lipinski definition) is 2. The second-order valence-corrected chi connectivity index (χ2v) is 5.77. The van der Waals surface area contributed by atoms with Gasteiger partial charge < -0.3 is 14.9 Å². The first-order valence-electron chi connectivity index (χ1n) is 5.40. The molecule has 0 radical (unpaired) electrons. The predicted octanol–water partition coefficient (Wildman–Crippen LogP) is -1.42. The van der Waals surface area contributed by atoms with Crippen molar-refractivity contribution in [1.82, 2.24) is 8.61 Å². The molecule has 0 amide bonds. The molecule has 0 saturated heterocycles. The van der Waals surface area contributed by atoms with Crippen molar-refractivity contribution in [1.29, 1.82) is 0 Å². The Bertz CT molecular complexity index is 345. The van der Waals surface area contributed by atoms with Gasteiger partial charge in [0.1, 0.15) is 0 Å². The average Bonchev–Trinajstić information content (AvgIpc) is 2.30. The Kier molecular flexibility index (Phi) is 8.03. The van der Waals surface area contributed by atoms with Gasteiger partial charge in [0, 0.05) is 27.2 Å². The third-order valence-corrected chi connectivity index (χ3v) is 4.16. The number of carboxylic acid groups (broad SMARTS) is 1. The zero-order valence-electron chi connectivity index (χ0n) is 10.6. The highest BCUT2D eigenvalue weighted by Crippen LogP contribution is 2.04. The van der Waals surface area contributed by atoms with E-state index in [1.165, 1.54) is 14.1 Å². The maximum atomic E-state index is 11.9. The summed E-state index contributed by atoms with van der Waals surface area (Å²) in [5, 5.41) is 17.0. The highest BCUT2D eigenvalue weighted by Gasteiger charge is 2.23. The summed E-state index contributed by atoms with van der Waals surface area (Å²) in [5.74, 6) is -1.05. The summed E-state index contributed by atoms with van der Waals surface area (Å²) >= 11 is 0. The van der Waals surface area contributed by atoms with E-state index in [0.29, 0.717) is 0 Å². The molecule has 0 aromatic carbocycles. The van der Waals surface area contributed by atoms with Crippen molar-refractivity contribution in [2.45, 2.75) is 6.42 Å². The van der Waals surface area contributed by atoms with Crippen molar-refractivity contribution in [3.8, 4) is 0 Å². The molecule has 0 saturated carbocycles. The normalized spacial score (nSPS) is 12.3. The van der Waals surface area contributed by atoms with Gasteiger partial charge in [0.05, 0.1) is 26.2 Å². The van der Waals surface area contributed by atoms with Gasteiger partial charge >= 0.3 is 5.97 Å². The van der Waals surface area contributed by atoms with Crippen LogP contribution in [-0.4, -0.2) is 80.2 Å². The van der Waals surface area contributed by atoms with Crippen LogP contribution in [-0.2, 0) is 19.7 Å². The van der Waals surface area contributed by atoms with Crippen LogP contribution in [0.3, 0.4) is 0 Å². The Morgan fingerprint density at radius 2 is 1.72 bits per heavy atom. The first-order valence-corrected chi connectivity index (χ1v) is 6.80. The topological polar surface area (TPSA) is 107 Å². The SMILES string of the molecule is CN(CCOCCO)S(=O)(=O)N(C)CCC(=O)O. The largest absolute Gasteiger partial charge is 0.481 e. The zero-order chi connectivity index (χ0) is 14.2. The first-order chi connectivity index (χ1) is 8.32. The quantitative estimate of drug-likeness (QED) is 0.477. The molecule has 0 aliphatic rings. The third kappa shape index (κ3) is 6.26. The summed E-state index contributed by atoms with van der Waals surface area (Å²) in [4.78, 5) is 10.4. The molecular formula is C9H20N2O6S. The number of carbonyl (C=O) groups is 1. The minimum Gasteiger partial charge on any atom is -0.481 e. The van der Waals surface area contributed by atoms with Crippen LogP contribution in [0.15, 0.2) is 0 Å². The van der Waals surface area contributed by atoms with Gasteiger partial charge in [-0.3, -0.25) is 4.79 Å². The molecule has 0 unspecified atom stereocenters. The molecule has 0 spiro atoms. The second kappa shape index (κ2) is 8.38. The summed E-state index contributed by atoms with van der Waals surface area (Å²) in [5.41, 5.74) is 0. The van der Waals surface area contributed by atoms with Gasteiger partial charge in [-0.2, -0.15) is 17.0 Å². The lowest BCUT2D eigenvalue weighted by Crippen LogP contribution is -2.41. The minimum absolute atomic E-state index is 0.0838. The van der Waals surface area contributed by atoms with E-state index in [-0.39, 0.29) is 39.3 Å². The van der Waals surface area contributed by atoms with E-state index in [9.17, 15) is 13.2 Å². The Morgan fingerprint density at radius 1 is 1.17 bits per heavy atom. The van der Waals surface area contributed by atoms with Crippen LogP contribution in [0.25, 0.3) is 0 Å². The lowest BCUT2D eigenvalue weighted by Gasteiger charge is -2.23. The fourth-order valence-corrected chi connectivity index (χ4v) is 2.18. The van der Waals surface area contributed by atoms with Crippen LogP contribution in [0.1, 0.15) is 6.42 Å². The molecule has 18 heavy (non-hydrogen) atoms. The fourth-order valence-electron chi connectivity index (χ4n) is 1.08. The molecule has 8 nitrogen and oxygen atoms in total. The number of nitrogens with zero attached hydrogens (tertiary/aromatic N) is 2. The van der Waals surface area contributed by atoms with Gasteiger partial charge in [0.25, 0.3) is 10.2 Å². The Labute approximate surface area is 107 Å². The molecule has 108 valence electrons. The van der Waals surface area contributed by atoms with Gasteiger partial charge in [-0.05, 0) is 0 Å². The van der Waals surface area contributed by atoms with E-state index in [4.69, 9.17) is 14.9 Å². The number of aliphatic carboxylic acids is 1. The van der Waals surface area contributed by atoms with Crippen molar-refractivity contribution in [3.05, 3.63) is 0 Å². The number of carboxylic acids is 1. The molecule has 0 aromatic heterocycles.